The first kappa shape index (κ1) is 10.4. The lowest BCUT2D eigenvalue weighted by Gasteiger charge is -2.09. The first-order valence-corrected chi connectivity index (χ1v) is 4.90. The summed E-state index contributed by atoms with van der Waals surface area (Å²) in [6.07, 6.45) is 0. The molecule has 0 aliphatic carbocycles. The molecule has 0 saturated carbocycles. The highest BCUT2D eigenvalue weighted by Gasteiger charge is 2.13. The fourth-order valence-corrected chi connectivity index (χ4v) is 1.65. The van der Waals surface area contributed by atoms with Gasteiger partial charge in [-0.3, -0.25) is 0 Å². The molecule has 0 aliphatic rings. The third-order valence-electron chi connectivity index (χ3n) is 2.44. The zero-order valence-corrected chi connectivity index (χ0v) is 8.81. The standard InChI is InChI=1S/C13H12O3/c1-8-3-2-4-9(7-8)12-10(14)5-6-11(15)13(12)16/h2-7,14-16H,1H3. The van der Waals surface area contributed by atoms with Gasteiger partial charge in [-0.15, -0.1) is 0 Å². The van der Waals surface area contributed by atoms with Crippen LogP contribution < -0.4 is 0 Å². The van der Waals surface area contributed by atoms with Crippen LogP contribution in [0.3, 0.4) is 0 Å². The van der Waals surface area contributed by atoms with Crippen molar-refractivity contribution in [2.75, 3.05) is 0 Å². The second-order valence-electron chi connectivity index (χ2n) is 3.70. The Balaban J connectivity index is 2.68. The lowest BCUT2D eigenvalue weighted by Crippen LogP contribution is -1.82. The number of phenolic OH excluding ortho intramolecular Hbond substituents is 3. The topological polar surface area (TPSA) is 60.7 Å². The molecule has 0 aromatic heterocycles. The van der Waals surface area contributed by atoms with Gasteiger partial charge in [0.25, 0.3) is 0 Å². The summed E-state index contributed by atoms with van der Waals surface area (Å²) in [4.78, 5) is 0. The monoisotopic (exact) mass is 216 g/mol. The molecule has 0 saturated heterocycles. The number of hydrogen-bond donors (Lipinski definition) is 3. The Hall–Kier alpha value is -2.16. The van der Waals surface area contributed by atoms with Crippen LogP contribution in [0.1, 0.15) is 5.56 Å². The Bertz CT molecular complexity index is 533. The van der Waals surface area contributed by atoms with Crippen LogP contribution in [0.5, 0.6) is 17.2 Å². The maximum atomic E-state index is 9.71. The molecule has 2 aromatic carbocycles. The van der Waals surface area contributed by atoms with Crippen molar-refractivity contribution in [3.8, 4) is 28.4 Å². The molecule has 0 heterocycles. The minimum Gasteiger partial charge on any atom is -0.507 e. The minimum atomic E-state index is -0.300. The summed E-state index contributed by atoms with van der Waals surface area (Å²) in [6.45, 7) is 1.92. The van der Waals surface area contributed by atoms with Gasteiger partial charge in [0.05, 0.1) is 5.56 Å². The molecule has 0 bridgehead atoms. The Kier molecular flexibility index (Phi) is 2.44. The van der Waals surface area contributed by atoms with Crippen LogP contribution in [0, 0.1) is 6.92 Å². The minimum absolute atomic E-state index is 0.0547. The summed E-state index contributed by atoms with van der Waals surface area (Å²) >= 11 is 0. The van der Waals surface area contributed by atoms with Crippen molar-refractivity contribution in [3.05, 3.63) is 42.0 Å². The normalized spacial score (nSPS) is 10.3. The maximum Gasteiger partial charge on any atom is 0.169 e. The number of aryl methyl sites for hydroxylation is 1. The van der Waals surface area contributed by atoms with E-state index < -0.39 is 0 Å². The third kappa shape index (κ3) is 1.67. The fraction of sp³-hybridized carbons (Fsp3) is 0.0769. The van der Waals surface area contributed by atoms with E-state index in [1.807, 2.05) is 25.1 Å². The van der Waals surface area contributed by atoms with E-state index in [0.29, 0.717) is 5.56 Å². The SMILES string of the molecule is Cc1cccc(-c2c(O)ccc(O)c2O)c1. The molecule has 3 N–H and O–H groups in total. The molecule has 0 amide bonds. The largest absolute Gasteiger partial charge is 0.507 e. The van der Waals surface area contributed by atoms with Gasteiger partial charge in [-0.1, -0.05) is 29.8 Å². The van der Waals surface area contributed by atoms with Crippen LogP contribution in [0.2, 0.25) is 0 Å². The molecule has 2 aromatic rings. The van der Waals surface area contributed by atoms with E-state index in [0.717, 1.165) is 5.56 Å². The second kappa shape index (κ2) is 3.77. The third-order valence-corrected chi connectivity index (χ3v) is 2.44. The average molecular weight is 216 g/mol. The van der Waals surface area contributed by atoms with Gasteiger partial charge in [0.15, 0.2) is 11.5 Å². The van der Waals surface area contributed by atoms with Gasteiger partial charge in [-0.2, -0.15) is 0 Å². The van der Waals surface area contributed by atoms with Crippen molar-refractivity contribution in [3.63, 3.8) is 0 Å². The summed E-state index contributed by atoms with van der Waals surface area (Å²) in [5, 5.41) is 28.8. The molecular formula is C13H12O3. The molecular weight excluding hydrogens is 204 g/mol. The molecule has 0 unspecified atom stereocenters. The fourth-order valence-electron chi connectivity index (χ4n) is 1.65. The van der Waals surface area contributed by atoms with Gasteiger partial charge in [0.2, 0.25) is 0 Å². The maximum absolute atomic E-state index is 9.71. The van der Waals surface area contributed by atoms with Crippen molar-refractivity contribution in [1.29, 1.82) is 0 Å². The van der Waals surface area contributed by atoms with E-state index in [2.05, 4.69) is 0 Å². The highest BCUT2D eigenvalue weighted by atomic mass is 16.3. The quantitative estimate of drug-likeness (QED) is 0.507. The number of phenols is 3. The lowest BCUT2D eigenvalue weighted by atomic mass is 10.0. The smallest absolute Gasteiger partial charge is 0.169 e. The first-order valence-electron chi connectivity index (χ1n) is 4.90. The number of hydrogen-bond acceptors (Lipinski definition) is 3. The molecule has 0 aliphatic heterocycles. The second-order valence-corrected chi connectivity index (χ2v) is 3.70. The Morgan fingerprint density at radius 2 is 1.56 bits per heavy atom. The Labute approximate surface area is 93.2 Å². The van der Waals surface area contributed by atoms with E-state index in [4.69, 9.17) is 0 Å². The zero-order valence-electron chi connectivity index (χ0n) is 8.81. The predicted molar refractivity (Wildman–Crippen MR) is 61.6 cm³/mol. The average Bonchev–Trinajstić information content (AvgIpc) is 2.24. The van der Waals surface area contributed by atoms with Crippen molar-refractivity contribution in [2.45, 2.75) is 6.92 Å². The van der Waals surface area contributed by atoms with Crippen molar-refractivity contribution in [1.82, 2.24) is 0 Å². The predicted octanol–water partition coefficient (Wildman–Crippen LogP) is 2.78. The summed E-state index contributed by atoms with van der Waals surface area (Å²) in [7, 11) is 0. The Morgan fingerprint density at radius 3 is 2.25 bits per heavy atom. The summed E-state index contributed by atoms with van der Waals surface area (Å²) < 4.78 is 0. The molecule has 3 nitrogen and oxygen atoms in total. The van der Waals surface area contributed by atoms with E-state index >= 15 is 0 Å². The van der Waals surface area contributed by atoms with Crippen molar-refractivity contribution in [2.24, 2.45) is 0 Å². The molecule has 16 heavy (non-hydrogen) atoms. The highest BCUT2D eigenvalue weighted by molar-refractivity contribution is 5.79. The van der Waals surface area contributed by atoms with Gasteiger partial charge in [-0.25, -0.2) is 0 Å². The van der Waals surface area contributed by atoms with Crippen LogP contribution in [0.4, 0.5) is 0 Å². The summed E-state index contributed by atoms with van der Waals surface area (Å²) in [5.74, 6) is -0.596. The number of benzene rings is 2. The van der Waals surface area contributed by atoms with Crippen molar-refractivity contribution < 1.29 is 15.3 Å². The van der Waals surface area contributed by atoms with Gasteiger partial charge < -0.3 is 15.3 Å². The first-order chi connectivity index (χ1) is 7.59. The van der Waals surface area contributed by atoms with Gasteiger partial charge >= 0.3 is 0 Å². The van der Waals surface area contributed by atoms with Crippen LogP contribution in [-0.4, -0.2) is 15.3 Å². The van der Waals surface area contributed by atoms with Gasteiger partial charge in [0.1, 0.15) is 5.75 Å². The van der Waals surface area contributed by atoms with Gasteiger partial charge in [-0.05, 0) is 24.6 Å². The van der Waals surface area contributed by atoms with E-state index in [-0.39, 0.29) is 22.8 Å². The highest BCUT2D eigenvalue weighted by Crippen LogP contribution is 2.42. The molecule has 82 valence electrons. The Morgan fingerprint density at radius 1 is 0.875 bits per heavy atom. The molecule has 0 spiro atoms. The van der Waals surface area contributed by atoms with Crippen LogP contribution in [0.15, 0.2) is 36.4 Å². The van der Waals surface area contributed by atoms with E-state index in [1.165, 1.54) is 12.1 Å². The van der Waals surface area contributed by atoms with E-state index in [1.54, 1.807) is 6.07 Å². The molecule has 0 radical (unpaired) electrons. The lowest BCUT2D eigenvalue weighted by molar-refractivity contribution is 0.398. The summed E-state index contributed by atoms with van der Waals surface area (Å²) in [5.41, 5.74) is 1.94. The van der Waals surface area contributed by atoms with Gasteiger partial charge in [0, 0.05) is 0 Å². The van der Waals surface area contributed by atoms with Crippen LogP contribution in [0.25, 0.3) is 11.1 Å². The molecule has 2 rings (SSSR count). The number of aromatic hydroxyl groups is 3. The van der Waals surface area contributed by atoms with E-state index in [9.17, 15) is 15.3 Å². The molecule has 0 atom stereocenters. The van der Waals surface area contributed by atoms with Crippen molar-refractivity contribution >= 4 is 0 Å². The number of rotatable bonds is 1. The zero-order chi connectivity index (χ0) is 11.7. The molecule has 3 heteroatoms. The van der Waals surface area contributed by atoms with Crippen LogP contribution >= 0.6 is 0 Å². The summed E-state index contributed by atoms with van der Waals surface area (Å²) in [6, 6.07) is 9.94. The molecule has 0 fully saturated rings. The van der Waals surface area contributed by atoms with Crippen LogP contribution in [-0.2, 0) is 0 Å².